The first-order valence-electron chi connectivity index (χ1n) is 7.19. The Morgan fingerprint density at radius 3 is 2.86 bits per heavy atom. The van der Waals surface area contributed by atoms with Gasteiger partial charge in [0, 0.05) is 37.5 Å². The molecule has 3 rings (SSSR count). The van der Waals surface area contributed by atoms with Crippen LogP contribution < -0.4 is 21.3 Å². The summed E-state index contributed by atoms with van der Waals surface area (Å²) in [6.07, 6.45) is 4.46. The number of hydrogen-bond acceptors (Lipinski definition) is 7. The molecule has 6 nitrogen and oxygen atoms in total. The number of amides is 1. The summed E-state index contributed by atoms with van der Waals surface area (Å²) in [6, 6.07) is 0. The number of carbonyl (C=O) groups excluding carboxylic acids is 1. The molecule has 0 bridgehead atoms. The highest BCUT2D eigenvalue weighted by Crippen LogP contribution is 2.46. The van der Waals surface area contributed by atoms with E-state index in [1.807, 2.05) is 11.8 Å². The lowest BCUT2D eigenvalue weighted by Gasteiger charge is -2.26. The van der Waals surface area contributed by atoms with Crippen LogP contribution in [0.3, 0.4) is 0 Å². The van der Waals surface area contributed by atoms with E-state index in [9.17, 15) is 4.79 Å². The van der Waals surface area contributed by atoms with E-state index in [1.54, 1.807) is 0 Å². The minimum Gasteiger partial charge on any atom is -0.382 e. The second-order valence-corrected chi connectivity index (χ2v) is 7.77. The number of nitrogen functional groups attached to an aromatic ring is 1. The number of nitrogens with two attached hydrogens (primary N) is 1. The van der Waals surface area contributed by atoms with Crippen molar-refractivity contribution in [3.8, 4) is 0 Å². The highest BCUT2D eigenvalue weighted by atomic mass is 32.2. The summed E-state index contributed by atoms with van der Waals surface area (Å²) in [5.41, 5.74) is 5.93. The molecule has 1 aromatic heterocycles. The van der Waals surface area contributed by atoms with Crippen LogP contribution in [-0.2, 0) is 0 Å². The quantitative estimate of drug-likeness (QED) is 0.741. The summed E-state index contributed by atoms with van der Waals surface area (Å²) in [6.45, 7) is 4.41. The normalized spacial score (nSPS) is 20.3. The molecule has 1 saturated carbocycles. The smallest absolute Gasteiger partial charge is 0.265 e. The highest BCUT2D eigenvalue weighted by Gasteiger charge is 2.42. The predicted molar refractivity (Wildman–Crippen MR) is 89.4 cm³/mol. The van der Waals surface area contributed by atoms with Gasteiger partial charge in [-0.3, -0.25) is 4.79 Å². The molecule has 2 heterocycles. The van der Waals surface area contributed by atoms with Gasteiger partial charge in [-0.25, -0.2) is 4.98 Å². The Hall–Kier alpha value is -0.990. The van der Waals surface area contributed by atoms with Crippen LogP contribution in [0.2, 0.25) is 0 Å². The van der Waals surface area contributed by atoms with E-state index >= 15 is 0 Å². The standard InChI is InChI=1S/C13H21N5OS2/c1-20-13(2-3-13)8-16-11(19)9-10(14)17-12(21-9)18-6-4-15-5-7-18/h15H,2-8,14H2,1H3,(H,16,19). The number of rotatable bonds is 5. The van der Waals surface area contributed by atoms with Gasteiger partial charge in [0.15, 0.2) is 5.13 Å². The molecule has 1 aliphatic carbocycles. The number of carbonyl (C=O) groups is 1. The summed E-state index contributed by atoms with van der Waals surface area (Å²) >= 11 is 3.23. The van der Waals surface area contributed by atoms with E-state index in [1.165, 1.54) is 24.2 Å². The van der Waals surface area contributed by atoms with Gasteiger partial charge in [-0.05, 0) is 19.1 Å². The lowest BCUT2D eigenvalue weighted by Crippen LogP contribution is -2.43. The van der Waals surface area contributed by atoms with Crippen molar-refractivity contribution in [1.82, 2.24) is 15.6 Å². The first-order chi connectivity index (χ1) is 10.1. The summed E-state index contributed by atoms with van der Waals surface area (Å²) < 4.78 is 0.260. The Bertz CT molecular complexity index is 523. The van der Waals surface area contributed by atoms with E-state index < -0.39 is 0 Å². The summed E-state index contributed by atoms with van der Waals surface area (Å²) in [5.74, 6) is 0.256. The molecule has 0 unspecified atom stereocenters. The van der Waals surface area contributed by atoms with Gasteiger partial charge >= 0.3 is 0 Å². The molecule has 0 spiro atoms. The topological polar surface area (TPSA) is 83.3 Å². The Morgan fingerprint density at radius 2 is 2.24 bits per heavy atom. The maximum atomic E-state index is 12.3. The molecule has 0 aromatic carbocycles. The van der Waals surface area contributed by atoms with Crippen LogP contribution in [-0.4, -0.2) is 54.6 Å². The number of piperazine rings is 1. The average molecular weight is 327 g/mol. The van der Waals surface area contributed by atoms with Crippen molar-refractivity contribution < 1.29 is 4.79 Å². The average Bonchev–Trinajstić information content (AvgIpc) is 3.20. The number of nitrogens with zero attached hydrogens (tertiary/aromatic N) is 2. The van der Waals surface area contributed by atoms with Crippen molar-refractivity contribution in [3.63, 3.8) is 0 Å². The Kier molecular flexibility index (Phi) is 4.28. The molecule has 0 radical (unpaired) electrons. The second-order valence-electron chi connectivity index (χ2n) is 5.52. The minimum atomic E-state index is -0.0910. The minimum absolute atomic E-state index is 0.0910. The first-order valence-corrected chi connectivity index (χ1v) is 9.23. The van der Waals surface area contributed by atoms with Gasteiger partial charge in [0.05, 0.1) is 0 Å². The van der Waals surface area contributed by atoms with Crippen molar-refractivity contribution >= 4 is 40.0 Å². The largest absolute Gasteiger partial charge is 0.382 e. The van der Waals surface area contributed by atoms with Crippen LogP contribution in [0, 0.1) is 0 Å². The molecule has 1 amide bonds. The zero-order valence-corrected chi connectivity index (χ0v) is 13.8. The van der Waals surface area contributed by atoms with E-state index in [0.717, 1.165) is 31.3 Å². The van der Waals surface area contributed by atoms with Crippen LogP contribution >= 0.6 is 23.1 Å². The van der Waals surface area contributed by atoms with Crippen molar-refractivity contribution in [1.29, 1.82) is 0 Å². The monoisotopic (exact) mass is 327 g/mol. The number of hydrogen-bond donors (Lipinski definition) is 3. The molecule has 21 heavy (non-hydrogen) atoms. The highest BCUT2D eigenvalue weighted by molar-refractivity contribution is 8.00. The van der Waals surface area contributed by atoms with Crippen molar-refractivity contribution in [2.45, 2.75) is 17.6 Å². The number of anilines is 2. The molecule has 2 fully saturated rings. The van der Waals surface area contributed by atoms with Crippen molar-refractivity contribution in [2.75, 3.05) is 49.6 Å². The molecule has 0 atom stereocenters. The number of thioether (sulfide) groups is 1. The fraction of sp³-hybridized carbons (Fsp3) is 0.692. The fourth-order valence-electron chi connectivity index (χ4n) is 2.39. The summed E-state index contributed by atoms with van der Waals surface area (Å²) in [5, 5.41) is 7.16. The van der Waals surface area contributed by atoms with Crippen LogP contribution in [0.25, 0.3) is 0 Å². The van der Waals surface area contributed by atoms with Crippen LogP contribution in [0.15, 0.2) is 0 Å². The maximum absolute atomic E-state index is 12.3. The second kappa shape index (κ2) is 6.02. The lowest BCUT2D eigenvalue weighted by atomic mass is 10.4. The number of thiazole rings is 1. The van der Waals surface area contributed by atoms with Gasteiger partial charge in [-0.15, -0.1) is 0 Å². The molecular weight excluding hydrogens is 306 g/mol. The molecular formula is C13H21N5OS2. The number of aromatic nitrogens is 1. The zero-order valence-electron chi connectivity index (χ0n) is 12.1. The van der Waals surface area contributed by atoms with Crippen molar-refractivity contribution in [3.05, 3.63) is 4.88 Å². The SMILES string of the molecule is CSC1(CNC(=O)c2sc(N3CCNCC3)nc2N)CC1. The Morgan fingerprint density at radius 1 is 1.52 bits per heavy atom. The van der Waals surface area contributed by atoms with Crippen LogP contribution in [0.1, 0.15) is 22.5 Å². The molecule has 4 N–H and O–H groups in total. The van der Waals surface area contributed by atoms with Gasteiger partial charge in [0.25, 0.3) is 5.91 Å². The van der Waals surface area contributed by atoms with Gasteiger partial charge in [0.2, 0.25) is 0 Å². The van der Waals surface area contributed by atoms with Crippen molar-refractivity contribution in [2.24, 2.45) is 0 Å². The molecule has 8 heteroatoms. The molecule has 1 saturated heterocycles. The van der Waals surface area contributed by atoms with E-state index in [2.05, 4.69) is 26.8 Å². The van der Waals surface area contributed by atoms with Gasteiger partial charge < -0.3 is 21.3 Å². The van der Waals surface area contributed by atoms with E-state index in [4.69, 9.17) is 5.73 Å². The van der Waals surface area contributed by atoms with Gasteiger partial charge in [0.1, 0.15) is 10.7 Å². The number of nitrogens with one attached hydrogen (secondary N) is 2. The molecule has 116 valence electrons. The van der Waals surface area contributed by atoms with Gasteiger partial charge in [-0.1, -0.05) is 11.3 Å². The van der Waals surface area contributed by atoms with E-state index in [0.29, 0.717) is 17.2 Å². The van der Waals surface area contributed by atoms with Crippen LogP contribution in [0.5, 0.6) is 0 Å². The molecule has 1 aromatic rings. The first kappa shape index (κ1) is 14.9. The van der Waals surface area contributed by atoms with Crippen LogP contribution in [0.4, 0.5) is 10.9 Å². The third kappa shape index (κ3) is 3.27. The third-order valence-electron chi connectivity index (χ3n) is 4.05. The fourth-order valence-corrected chi connectivity index (χ4v) is 4.07. The zero-order chi connectivity index (χ0) is 14.9. The Labute approximate surface area is 132 Å². The third-order valence-corrected chi connectivity index (χ3v) is 6.60. The summed E-state index contributed by atoms with van der Waals surface area (Å²) in [7, 11) is 0. The predicted octanol–water partition coefficient (Wildman–Crippen LogP) is 0.760. The molecule has 1 aliphatic heterocycles. The summed E-state index contributed by atoms with van der Waals surface area (Å²) in [4.78, 5) is 19.4. The maximum Gasteiger partial charge on any atom is 0.265 e. The van der Waals surface area contributed by atoms with E-state index in [-0.39, 0.29) is 10.7 Å². The molecule has 2 aliphatic rings. The lowest BCUT2D eigenvalue weighted by molar-refractivity contribution is 0.0957. The van der Waals surface area contributed by atoms with Gasteiger partial charge in [-0.2, -0.15) is 11.8 Å². The Balaban J connectivity index is 1.64.